The molecule has 0 aromatic carbocycles. The maximum Gasteiger partial charge on any atom is 0.417 e. The lowest BCUT2D eigenvalue weighted by Gasteiger charge is -2.44. The molecular weight excluding hydrogens is 230 g/mol. The number of nitrogens with zero attached hydrogens (tertiary/aromatic N) is 1. The first-order valence-corrected chi connectivity index (χ1v) is 6.63. The average Bonchev–Trinajstić information content (AvgIpc) is 2.19. The molecule has 2 aliphatic rings. The van der Waals surface area contributed by atoms with Crippen LogP contribution < -0.4 is 0 Å². The van der Waals surface area contributed by atoms with Crippen molar-refractivity contribution in [2.45, 2.75) is 58.1 Å². The standard InChI is InChI=1S/C14H21NO3/c1-14(2,3)18-13(17)15-11-9-7-5-4-6-8-10(11)12(15)16/h7,9-11H,4-6,8H2,1-3H3/t10-,11-/m0/s1. The van der Waals surface area contributed by atoms with Gasteiger partial charge < -0.3 is 4.74 Å². The summed E-state index contributed by atoms with van der Waals surface area (Å²) in [6.07, 6.45) is 7.63. The first-order chi connectivity index (χ1) is 8.40. The highest BCUT2D eigenvalue weighted by molar-refractivity contribution is 6.00. The van der Waals surface area contributed by atoms with Crippen LogP contribution in [-0.2, 0) is 9.53 Å². The summed E-state index contributed by atoms with van der Waals surface area (Å²) in [6.45, 7) is 5.42. The molecule has 1 fully saturated rings. The van der Waals surface area contributed by atoms with E-state index in [1.165, 1.54) is 4.90 Å². The molecule has 4 nitrogen and oxygen atoms in total. The van der Waals surface area contributed by atoms with Crippen LogP contribution in [0.2, 0.25) is 0 Å². The van der Waals surface area contributed by atoms with Crippen molar-refractivity contribution in [1.82, 2.24) is 4.90 Å². The lowest BCUT2D eigenvalue weighted by molar-refractivity contribution is -0.151. The van der Waals surface area contributed by atoms with E-state index in [9.17, 15) is 9.59 Å². The second kappa shape index (κ2) is 4.75. The van der Waals surface area contributed by atoms with Gasteiger partial charge in [-0.25, -0.2) is 9.69 Å². The second-order valence-corrected chi connectivity index (χ2v) is 6.00. The number of hydrogen-bond donors (Lipinski definition) is 0. The van der Waals surface area contributed by atoms with E-state index in [0.717, 1.165) is 25.7 Å². The van der Waals surface area contributed by atoms with Crippen molar-refractivity contribution in [3.8, 4) is 0 Å². The maximum atomic E-state index is 12.0. The van der Waals surface area contributed by atoms with Gasteiger partial charge in [0.05, 0.1) is 12.0 Å². The maximum absolute atomic E-state index is 12.0. The van der Waals surface area contributed by atoms with Gasteiger partial charge in [-0.2, -0.15) is 0 Å². The van der Waals surface area contributed by atoms with E-state index in [1.807, 2.05) is 6.08 Å². The molecule has 0 radical (unpaired) electrons. The zero-order chi connectivity index (χ0) is 13.3. The first-order valence-electron chi connectivity index (χ1n) is 6.63. The molecule has 2 rings (SSSR count). The molecule has 0 bridgehead atoms. The van der Waals surface area contributed by atoms with E-state index in [0.29, 0.717) is 0 Å². The Kier molecular flexibility index (Phi) is 3.46. The number of amides is 2. The van der Waals surface area contributed by atoms with E-state index < -0.39 is 11.7 Å². The van der Waals surface area contributed by atoms with Gasteiger partial charge in [0.15, 0.2) is 0 Å². The van der Waals surface area contributed by atoms with Gasteiger partial charge in [0.25, 0.3) is 0 Å². The number of imide groups is 1. The summed E-state index contributed by atoms with van der Waals surface area (Å²) < 4.78 is 5.27. The van der Waals surface area contributed by atoms with Gasteiger partial charge in [0.1, 0.15) is 5.60 Å². The van der Waals surface area contributed by atoms with Crippen molar-refractivity contribution in [2.75, 3.05) is 0 Å². The molecule has 1 aliphatic heterocycles. The quantitative estimate of drug-likeness (QED) is 0.491. The van der Waals surface area contributed by atoms with Gasteiger partial charge in [-0.05, 0) is 40.0 Å². The zero-order valence-corrected chi connectivity index (χ0v) is 11.3. The number of rotatable bonds is 0. The van der Waals surface area contributed by atoms with Crippen LogP contribution in [0.25, 0.3) is 0 Å². The summed E-state index contributed by atoms with van der Waals surface area (Å²) in [4.78, 5) is 25.2. The van der Waals surface area contributed by atoms with Gasteiger partial charge >= 0.3 is 6.09 Å². The second-order valence-electron chi connectivity index (χ2n) is 6.00. The van der Waals surface area contributed by atoms with Gasteiger partial charge in [-0.15, -0.1) is 0 Å². The molecule has 100 valence electrons. The molecule has 0 spiro atoms. The Morgan fingerprint density at radius 3 is 2.78 bits per heavy atom. The van der Waals surface area contributed by atoms with Gasteiger partial charge in [-0.3, -0.25) is 4.79 Å². The molecule has 1 aliphatic carbocycles. The smallest absolute Gasteiger partial charge is 0.417 e. The number of β-lactam (4-membered cyclic amide) rings is 1. The number of carbonyl (C=O) groups excluding carboxylic acids is 2. The van der Waals surface area contributed by atoms with Crippen LogP contribution in [0, 0.1) is 5.92 Å². The normalized spacial score (nSPS) is 27.9. The minimum Gasteiger partial charge on any atom is -0.443 e. The molecule has 2 atom stereocenters. The molecule has 4 heteroatoms. The number of carbonyl (C=O) groups is 2. The molecule has 0 saturated carbocycles. The van der Waals surface area contributed by atoms with Gasteiger partial charge in [0.2, 0.25) is 5.91 Å². The summed E-state index contributed by atoms with van der Waals surface area (Å²) in [5, 5.41) is 0. The molecule has 0 aromatic heterocycles. The summed E-state index contributed by atoms with van der Waals surface area (Å²) in [5.41, 5.74) is -0.562. The fraction of sp³-hybridized carbons (Fsp3) is 0.714. The third kappa shape index (κ3) is 2.57. The molecule has 0 aromatic rings. The predicted octanol–water partition coefficient (Wildman–Crippen LogP) is 2.88. The Labute approximate surface area is 108 Å². The Morgan fingerprint density at radius 2 is 2.11 bits per heavy atom. The van der Waals surface area contributed by atoms with Crippen LogP contribution in [0.4, 0.5) is 4.79 Å². The van der Waals surface area contributed by atoms with Crippen LogP contribution in [0.3, 0.4) is 0 Å². The SMILES string of the molecule is CC(C)(C)OC(=O)N1C(=O)[C@H]2CCCCC=C[C@@H]21. The fourth-order valence-corrected chi connectivity index (χ4v) is 2.47. The van der Waals surface area contributed by atoms with Crippen LogP contribution in [-0.4, -0.2) is 28.5 Å². The lowest BCUT2D eigenvalue weighted by atomic mass is 9.81. The average molecular weight is 251 g/mol. The van der Waals surface area contributed by atoms with Crippen LogP contribution in [0.15, 0.2) is 12.2 Å². The van der Waals surface area contributed by atoms with Crippen LogP contribution in [0.5, 0.6) is 0 Å². The molecule has 0 N–H and O–H groups in total. The topological polar surface area (TPSA) is 46.6 Å². The summed E-state index contributed by atoms with van der Waals surface area (Å²) >= 11 is 0. The van der Waals surface area contributed by atoms with Crippen LogP contribution >= 0.6 is 0 Å². The van der Waals surface area contributed by atoms with Crippen molar-refractivity contribution in [2.24, 2.45) is 5.92 Å². The molecule has 1 heterocycles. The Morgan fingerprint density at radius 1 is 1.39 bits per heavy atom. The number of allylic oxidation sites excluding steroid dienone is 1. The number of likely N-dealkylation sites (tertiary alicyclic amines) is 1. The Bertz CT molecular complexity index is 381. The van der Waals surface area contributed by atoms with Crippen molar-refractivity contribution < 1.29 is 14.3 Å². The summed E-state index contributed by atoms with van der Waals surface area (Å²) in [6, 6.07) is -0.0901. The summed E-state index contributed by atoms with van der Waals surface area (Å²) in [7, 11) is 0. The van der Waals surface area contributed by atoms with E-state index in [2.05, 4.69) is 6.08 Å². The monoisotopic (exact) mass is 251 g/mol. The largest absolute Gasteiger partial charge is 0.443 e. The number of ether oxygens (including phenoxy) is 1. The first kappa shape index (κ1) is 13.1. The third-order valence-corrected chi connectivity index (χ3v) is 3.32. The highest BCUT2D eigenvalue weighted by atomic mass is 16.6. The van der Waals surface area contributed by atoms with E-state index in [-0.39, 0.29) is 17.9 Å². The van der Waals surface area contributed by atoms with Crippen molar-refractivity contribution in [1.29, 1.82) is 0 Å². The highest BCUT2D eigenvalue weighted by Crippen LogP contribution is 2.34. The minimum atomic E-state index is -0.562. The highest BCUT2D eigenvalue weighted by Gasteiger charge is 2.50. The molecule has 1 saturated heterocycles. The Hall–Kier alpha value is -1.32. The predicted molar refractivity (Wildman–Crippen MR) is 68.0 cm³/mol. The van der Waals surface area contributed by atoms with Crippen molar-refractivity contribution in [3.05, 3.63) is 12.2 Å². The molecule has 0 unspecified atom stereocenters. The van der Waals surface area contributed by atoms with Gasteiger partial charge in [-0.1, -0.05) is 18.6 Å². The van der Waals surface area contributed by atoms with Crippen molar-refractivity contribution >= 4 is 12.0 Å². The summed E-state index contributed by atoms with van der Waals surface area (Å²) in [5.74, 6) is -0.102. The lowest BCUT2D eigenvalue weighted by Crippen LogP contribution is -2.63. The minimum absolute atomic E-state index is 0.0194. The van der Waals surface area contributed by atoms with E-state index >= 15 is 0 Å². The number of hydrogen-bond acceptors (Lipinski definition) is 3. The van der Waals surface area contributed by atoms with Gasteiger partial charge in [0, 0.05) is 0 Å². The zero-order valence-electron chi connectivity index (χ0n) is 11.3. The third-order valence-electron chi connectivity index (χ3n) is 3.32. The van der Waals surface area contributed by atoms with Crippen LogP contribution in [0.1, 0.15) is 46.5 Å². The molecule has 18 heavy (non-hydrogen) atoms. The number of fused-ring (bicyclic) bond motifs is 1. The van der Waals surface area contributed by atoms with Crippen molar-refractivity contribution in [3.63, 3.8) is 0 Å². The molecule has 2 amide bonds. The van der Waals surface area contributed by atoms with E-state index in [4.69, 9.17) is 4.74 Å². The molecular formula is C14H21NO3. The fourth-order valence-electron chi connectivity index (χ4n) is 2.47. The van der Waals surface area contributed by atoms with E-state index in [1.54, 1.807) is 20.8 Å². The Balaban J connectivity index is 2.07.